The molecule has 2 aliphatic carbocycles. The monoisotopic (exact) mass is 426 g/mol. The van der Waals surface area contributed by atoms with Crippen molar-refractivity contribution in [2.45, 2.75) is 109 Å². The molecule has 7 heteroatoms. The Kier molecular flexibility index (Phi) is 10.6. The SMILES string of the molecule is CC(C)(C)OC(=O)C1CCC(NC(=O)CCCOC2CCC(OCCN)CC2)CC1. The van der Waals surface area contributed by atoms with Crippen LogP contribution in [0.4, 0.5) is 0 Å². The summed E-state index contributed by atoms with van der Waals surface area (Å²) in [5, 5.41) is 3.12. The zero-order valence-corrected chi connectivity index (χ0v) is 19.1. The highest BCUT2D eigenvalue weighted by Crippen LogP contribution is 2.27. The van der Waals surface area contributed by atoms with E-state index >= 15 is 0 Å². The zero-order chi connectivity index (χ0) is 22.0. The fourth-order valence-electron chi connectivity index (χ4n) is 4.24. The van der Waals surface area contributed by atoms with E-state index in [9.17, 15) is 9.59 Å². The van der Waals surface area contributed by atoms with E-state index < -0.39 is 5.60 Å². The van der Waals surface area contributed by atoms with E-state index in [0.29, 0.717) is 32.3 Å². The molecule has 0 heterocycles. The predicted octanol–water partition coefficient (Wildman–Crippen LogP) is 3.09. The van der Waals surface area contributed by atoms with Gasteiger partial charge in [-0.15, -0.1) is 0 Å². The Labute approximate surface area is 181 Å². The van der Waals surface area contributed by atoms with Crippen LogP contribution in [0.1, 0.15) is 85.0 Å². The smallest absolute Gasteiger partial charge is 0.309 e. The maximum absolute atomic E-state index is 12.2. The molecule has 3 N–H and O–H groups in total. The van der Waals surface area contributed by atoms with Crippen LogP contribution in [0.25, 0.3) is 0 Å². The van der Waals surface area contributed by atoms with Gasteiger partial charge in [-0.3, -0.25) is 9.59 Å². The number of carbonyl (C=O) groups excluding carboxylic acids is 2. The zero-order valence-electron chi connectivity index (χ0n) is 19.1. The van der Waals surface area contributed by atoms with Gasteiger partial charge in [-0.05, 0) is 78.6 Å². The molecule has 0 aromatic heterocycles. The molecule has 7 nitrogen and oxygen atoms in total. The van der Waals surface area contributed by atoms with Crippen molar-refractivity contribution in [3.05, 3.63) is 0 Å². The van der Waals surface area contributed by atoms with Crippen LogP contribution in [0, 0.1) is 5.92 Å². The van der Waals surface area contributed by atoms with Crippen molar-refractivity contribution in [1.29, 1.82) is 0 Å². The number of nitrogens with two attached hydrogens (primary N) is 1. The second kappa shape index (κ2) is 12.6. The number of ether oxygens (including phenoxy) is 3. The van der Waals surface area contributed by atoms with Gasteiger partial charge in [0.15, 0.2) is 0 Å². The van der Waals surface area contributed by atoms with Crippen LogP contribution < -0.4 is 11.1 Å². The molecule has 0 aliphatic heterocycles. The summed E-state index contributed by atoms with van der Waals surface area (Å²) in [5.41, 5.74) is 5.03. The first-order valence-electron chi connectivity index (χ1n) is 11.7. The number of carbonyl (C=O) groups is 2. The molecule has 30 heavy (non-hydrogen) atoms. The van der Waals surface area contributed by atoms with Crippen LogP contribution in [0.5, 0.6) is 0 Å². The fraction of sp³-hybridized carbons (Fsp3) is 0.913. The van der Waals surface area contributed by atoms with E-state index in [2.05, 4.69) is 5.32 Å². The Hall–Kier alpha value is -1.18. The fourth-order valence-corrected chi connectivity index (χ4v) is 4.24. The maximum Gasteiger partial charge on any atom is 0.309 e. The molecule has 0 aromatic rings. The minimum Gasteiger partial charge on any atom is -0.460 e. The van der Waals surface area contributed by atoms with Gasteiger partial charge in [-0.2, -0.15) is 0 Å². The second-order valence-electron chi connectivity index (χ2n) is 9.68. The molecule has 2 rings (SSSR count). The van der Waals surface area contributed by atoms with E-state index in [-0.39, 0.29) is 29.9 Å². The van der Waals surface area contributed by atoms with Gasteiger partial charge in [0.25, 0.3) is 0 Å². The molecular formula is C23H42N2O5. The average Bonchev–Trinajstić information content (AvgIpc) is 2.70. The lowest BCUT2D eigenvalue weighted by molar-refractivity contribution is -0.161. The Balaban J connectivity index is 1.51. The predicted molar refractivity (Wildman–Crippen MR) is 116 cm³/mol. The lowest BCUT2D eigenvalue weighted by Gasteiger charge is -2.30. The van der Waals surface area contributed by atoms with Crippen molar-refractivity contribution in [3.8, 4) is 0 Å². The first kappa shape index (κ1) is 25.1. The lowest BCUT2D eigenvalue weighted by Crippen LogP contribution is -2.39. The minimum absolute atomic E-state index is 0.0402. The molecule has 0 bridgehead atoms. The molecule has 2 aliphatic rings. The molecule has 2 fully saturated rings. The third kappa shape index (κ3) is 9.75. The molecule has 0 atom stereocenters. The van der Waals surface area contributed by atoms with Crippen LogP contribution in [0.3, 0.4) is 0 Å². The summed E-state index contributed by atoms with van der Waals surface area (Å²) in [5.74, 6) is -0.0656. The van der Waals surface area contributed by atoms with E-state index in [1.165, 1.54) is 0 Å². The first-order chi connectivity index (χ1) is 14.3. The average molecular weight is 427 g/mol. The standard InChI is InChI=1S/C23H42N2O5/c1-23(2,3)30-22(27)17-6-8-18(9-7-17)25-21(26)5-4-15-28-19-10-12-20(13-11-19)29-16-14-24/h17-20H,4-16,24H2,1-3H3,(H,25,26). The van der Waals surface area contributed by atoms with Crippen LogP contribution in [0.2, 0.25) is 0 Å². The Morgan fingerprint density at radius 1 is 0.900 bits per heavy atom. The molecule has 0 saturated heterocycles. The summed E-state index contributed by atoms with van der Waals surface area (Å²) < 4.78 is 17.1. The van der Waals surface area contributed by atoms with Crippen molar-refractivity contribution >= 4 is 11.9 Å². The molecule has 0 spiro atoms. The Bertz CT molecular complexity index is 518. The summed E-state index contributed by atoms with van der Waals surface area (Å²) in [7, 11) is 0. The van der Waals surface area contributed by atoms with Gasteiger partial charge in [-0.25, -0.2) is 0 Å². The number of amides is 1. The van der Waals surface area contributed by atoms with Gasteiger partial charge in [0.1, 0.15) is 5.60 Å². The first-order valence-corrected chi connectivity index (χ1v) is 11.7. The van der Waals surface area contributed by atoms with Crippen molar-refractivity contribution < 1.29 is 23.8 Å². The summed E-state index contributed by atoms with van der Waals surface area (Å²) in [6.07, 6.45) is 9.14. The molecule has 0 radical (unpaired) electrons. The quantitative estimate of drug-likeness (QED) is 0.411. The summed E-state index contributed by atoms with van der Waals surface area (Å²) in [6, 6.07) is 0.168. The molecule has 1 amide bonds. The maximum atomic E-state index is 12.2. The largest absolute Gasteiger partial charge is 0.460 e. The second-order valence-corrected chi connectivity index (χ2v) is 9.68. The highest BCUT2D eigenvalue weighted by Gasteiger charge is 2.30. The van der Waals surface area contributed by atoms with Gasteiger partial charge in [0, 0.05) is 25.6 Å². The summed E-state index contributed by atoms with van der Waals surface area (Å²) >= 11 is 0. The number of hydrogen-bond acceptors (Lipinski definition) is 6. The lowest BCUT2D eigenvalue weighted by atomic mass is 9.86. The number of nitrogens with one attached hydrogen (secondary N) is 1. The van der Waals surface area contributed by atoms with Crippen molar-refractivity contribution in [3.63, 3.8) is 0 Å². The van der Waals surface area contributed by atoms with Gasteiger partial charge >= 0.3 is 5.97 Å². The molecule has 0 unspecified atom stereocenters. The van der Waals surface area contributed by atoms with Crippen molar-refractivity contribution in [2.75, 3.05) is 19.8 Å². The molecular weight excluding hydrogens is 384 g/mol. The Morgan fingerprint density at radius 3 is 2.00 bits per heavy atom. The topological polar surface area (TPSA) is 99.9 Å². The van der Waals surface area contributed by atoms with Gasteiger partial charge in [-0.1, -0.05) is 0 Å². The van der Waals surface area contributed by atoms with Gasteiger partial charge < -0.3 is 25.3 Å². The van der Waals surface area contributed by atoms with E-state index in [4.69, 9.17) is 19.9 Å². The van der Waals surface area contributed by atoms with Gasteiger partial charge in [0.05, 0.1) is 24.7 Å². The third-order valence-corrected chi connectivity index (χ3v) is 5.83. The molecule has 0 aromatic carbocycles. The third-order valence-electron chi connectivity index (χ3n) is 5.83. The van der Waals surface area contributed by atoms with Crippen LogP contribution in [-0.2, 0) is 23.8 Å². The Morgan fingerprint density at radius 2 is 1.47 bits per heavy atom. The van der Waals surface area contributed by atoms with E-state index in [1.807, 2.05) is 20.8 Å². The van der Waals surface area contributed by atoms with Crippen LogP contribution in [0.15, 0.2) is 0 Å². The van der Waals surface area contributed by atoms with Gasteiger partial charge in [0.2, 0.25) is 5.91 Å². The minimum atomic E-state index is -0.443. The van der Waals surface area contributed by atoms with E-state index in [0.717, 1.165) is 57.8 Å². The summed E-state index contributed by atoms with van der Waals surface area (Å²) in [4.78, 5) is 24.4. The number of hydrogen-bond donors (Lipinski definition) is 2. The molecule has 174 valence electrons. The summed E-state index contributed by atoms with van der Waals surface area (Å²) in [6.45, 7) is 7.51. The highest BCUT2D eigenvalue weighted by molar-refractivity contribution is 5.76. The van der Waals surface area contributed by atoms with Crippen LogP contribution >= 0.6 is 0 Å². The number of rotatable bonds is 10. The van der Waals surface area contributed by atoms with E-state index in [1.54, 1.807) is 0 Å². The number of esters is 1. The molecule has 2 saturated carbocycles. The highest BCUT2D eigenvalue weighted by atomic mass is 16.6. The normalized spacial score (nSPS) is 27.5. The van der Waals surface area contributed by atoms with Crippen molar-refractivity contribution in [2.24, 2.45) is 11.7 Å². The van der Waals surface area contributed by atoms with Crippen molar-refractivity contribution in [1.82, 2.24) is 5.32 Å². The van der Waals surface area contributed by atoms with Crippen LogP contribution in [-0.4, -0.2) is 55.5 Å².